The van der Waals surface area contributed by atoms with E-state index in [0.717, 1.165) is 5.56 Å². The van der Waals surface area contributed by atoms with E-state index in [-0.39, 0.29) is 29.7 Å². The third-order valence-electron chi connectivity index (χ3n) is 2.73. The molecule has 0 saturated heterocycles. The van der Waals surface area contributed by atoms with Gasteiger partial charge in [0.2, 0.25) is 5.91 Å². The van der Waals surface area contributed by atoms with Crippen molar-refractivity contribution in [2.45, 2.75) is 6.42 Å². The van der Waals surface area contributed by atoms with Gasteiger partial charge in [-0.05, 0) is 18.1 Å². The lowest BCUT2D eigenvalue weighted by Crippen LogP contribution is -2.35. The topological polar surface area (TPSA) is 98.3 Å². The summed E-state index contributed by atoms with van der Waals surface area (Å²) in [5, 5.41) is 13.4. The molecule has 0 aromatic heterocycles. The normalized spacial score (nSPS) is 18.5. The van der Waals surface area contributed by atoms with Gasteiger partial charge in [0.15, 0.2) is 0 Å². The van der Waals surface area contributed by atoms with Crippen LogP contribution in [0.3, 0.4) is 0 Å². The molecule has 90 valence electrons. The van der Waals surface area contributed by atoms with E-state index >= 15 is 0 Å². The number of carbonyl (C=O) groups is 1. The summed E-state index contributed by atoms with van der Waals surface area (Å²) in [5.41, 5.74) is 6.40. The molecule has 1 unspecified atom stereocenters. The first kappa shape index (κ1) is 12.0. The molecular formula is C10H10BrN3O3. The van der Waals surface area contributed by atoms with E-state index in [1.807, 2.05) is 0 Å². The maximum Gasteiger partial charge on any atom is 0.294 e. The van der Waals surface area contributed by atoms with Crippen LogP contribution < -0.4 is 11.1 Å². The van der Waals surface area contributed by atoms with Crippen molar-refractivity contribution in [3.8, 4) is 0 Å². The van der Waals surface area contributed by atoms with Crippen molar-refractivity contribution in [2.75, 3.05) is 11.9 Å². The van der Waals surface area contributed by atoms with Gasteiger partial charge in [0.05, 0.1) is 10.8 Å². The van der Waals surface area contributed by atoms with Gasteiger partial charge in [-0.15, -0.1) is 0 Å². The Morgan fingerprint density at radius 1 is 1.59 bits per heavy atom. The molecule has 1 atom stereocenters. The molecule has 0 radical (unpaired) electrons. The lowest BCUT2D eigenvalue weighted by molar-refractivity contribution is -0.384. The molecule has 0 bridgehead atoms. The number of rotatable bonds is 2. The molecule has 0 fully saturated rings. The van der Waals surface area contributed by atoms with Crippen LogP contribution in [-0.4, -0.2) is 17.4 Å². The zero-order valence-electron chi connectivity index (χ0n) is 8.77. The zero-order chi connectivity index (χ0) is 12.6. The third kappa shape index (κ3) is 2.16. The lowest BCUT2D eigenvalue weighted by atomic mass is 9.93. The minimum absolute atomic E-state index is 0.0989. The molecule has 1 aromatic carbocycles. The highest BCUT2D eigenvalue weighted by Crippen LogP contribution is 2.36. The number of nitro benzene ring substituents is 1. The molecule has 2 rings (SSSR count). The Labute approximate surface area is 105 Å². The summed E-state index contributed by atoms with van der Waals surface area (Å²) in [7, 11) is 0. The van der Waals surface area contributed by atoms with Crippen LogP contribution in [0, 0.1) is 16.0 Å². The number of amides is 1. The predicted octanol–water partition coefficient (Wildman–Crippen LogP) is 1.43. The highest BCUT2D eigenvalue weighted by molar-refractivity contribution is 9.10. The number of halogens is 1. The van der Waals surface area contributed by atoms with Gasteiger partial charge in [0.25, 0.3) is 5.69 Å². The SMILES string of the molecule is NCC1Cc2cc(Br)cc([N+](=O)[O-])c2NC1=O. The summed E-state index contributed by atoms with van der Waals surface area (Å²) in [6.45, 7) is 0.228. The molecule has 17 heavy (non-hydrogen) atoms. The monoisotopic (exact) mass is 299 g/mol. The second-order valence-electron chi connectivity index (χ2n) is 3.84. The van der Waals surface area contributed by atoms with Crippen LogP contribution in [-0.2, 0) is 11.2 Å². The fourth-order valence-corrected chi connectivity index (χ4v) is 2.36. The standard InChI is InChI=1S/C10H10BrN3O3/c11-7-2-5-1-6(4-12)10(15)13-9(5)8(3-7)14(16)17/h2-3,6H,1,4,12H2,(H,13,15). The fraction of sp³-hybridized carbons (Fsp3) is 0.300. The first-order valence-corrected chi connectivity index (χ1v) is 5.80. The first-order valence-electron chi connectivity index (χ1n) is 5.00. The molecule has 6 nitrogen and oxygen atoms in total. The minimum atomic E-state index is -0.507. The number of nitrogens with one attached hydrogen (secondary N) is 1. The minimum Gasteiger partial charge on any atom is -0.330 e. The maximum absolute atomic E-state index is 11.6. The van der Waals surface area contributed by atoms with E-state index in [9.17, 15) is 14.9 Å². The molecule has 0 saturated carbocycles. The number of nitrogens with zero attached hydrogens (tertiary/aromatic N) is 1. The average molecular weight is 300 g/mol. The van der Waals surface area contributed by atoms with Crippen LogP contribution >= 0.6 is 15.9 Å². The second kappa shape index (κ2) is 4.42. The van der Waals surface area contributed by atoms with E-state index in [2.05, 4.69) is 21.2 Å². The summed E-state index contributed by atoms with van der Waals surface area (Å²) >= 11 is 3.22. The zero-order valence-corrected chi connectivity index (χ0v) is 10.4. The van der Waals surface area contributed by atoms with Crippen LogP contribution in [0.15, 0.2) is 16.6 Å². The lowest BCUT2D eigenvalue weighted by Gasteiger charge is -2.23. The van der Waals surface area contributed by atoms with Gasteiger partial charge in [-0.3, -0.25) is 14.9 Å². The van der Waals surface area contributed by atoms with E-state index in [4.69, 9.17) is 5.73 Å². The number of nitrogens with two attached hydrogens (primary N) is 1. The fourth-order valence-electron chi connectivity index (χ4n) is 1.87. The largest absolute Gasteiger partial charge is 0.330 e. The van der Waals surface area contributed by atoms with E-state index in [1.165, 1.54) is 6.07 Å². The average Bonchev–Trinajstić information content (AvgIpc) is 2.27. The summed E-state index contributed by atoms with van der Waals surface area (Å²) in [5.74, 6) is -0.582. The summed E-state index contributed by atoms with van der Waals surface area (Å²) in [6.07, 6.45) is 0.429. The van der Waals surface area contributed by atoms with Crippen LogP contribution in [0.4, 0.5) is 11.4 Å². The third-order valence-corrected chi connectivity index (χ3v) is 3.19. The number of anilines is 1. The van der Waals surface area contributed by atoms with Crippen LogP contribution in [0.1, 0.15) is 5.56 Å². The summed E-state index contributed by atoms with van der Waals surface area (Å²) < 4.78 is 0.620. The van der Waals surface area contributed by atoms with Gasteiger partial charge in [-0.25, -0.2) is 0 Å². The first-order chi connectivity index (χ1) is 8.02. The number of nitro groups is 1. The van der Waals surface area contributed by atoms with Gasteiger partial charge in [-0.1, -0.05) is 15.9 Å². The van der Waals surface area contributed by atoms with Gasteiger partial charge in [-0.2, -0.15) is 0 Å². The van der Waals surface area contributed by atoms with Crippen molar-refractivity contribution in [1.82, 2.24) is 0 Å². The Balaban J connectivity index is 2.53. The van der Waals surface area contributed by atoms with Crippen molar-refractivity contribution in [1.29, 1.82) is 0 Å². The summed E-state index contributed by atoms with van der Waals surface area (Å²) in [4.78, 5) is 22.0. The summed E-state index contributed by atoms with van der Waals surface area (Å²) in [6, 6.07) is 3.15. The second-order valence-corrected chi connectivity index (χ2v) is 4.76. The molecule has 1 aromatic rings. The number of carbonyl (C=O) groups excluding carboxylic acids is 1. The Morgan fingerprint density at radius 3 is 2.88 bits per heavy atom. The molecule has 1 aliphatic heterocycles. The van der Waals surface area contributed by atoms with Crippen molar-refractivity contribution in [3.05, 3.63) is 32.3 Å². The van der Waals surface area contributed by atoms with Crippen LogP contribution in [0.2, 0.25) is 0 Å². The number of benzene rings is 1. The molecule has 1 heterocycles. The number of fused-ring (bicyclic) bond motifs is 1. The van der Waals surface area contributed by atoms with Crippen LogP contribution in [0.5, 0.6) is 0 Å². The van der Waals surface area contributed by atoms with Crippen molar-refractivity contribution >= 4 is 33.2 Å². The molecule has 3 N–H and O–H groups in total. The van der Waals surface area contributed by atoms with Gasteiger partial charge in [0.1, 0.15) is 5.69 Å². The highest BCUT2D eigenvalue weighted by Gasteiger charge is 2.30. The quantitative estimate of drug-likeness (QED) is 0.637. The van der Waals surface area contributed by atoms with Crippen molar-refractivity contribution in [3.63, 3.8) is 0 Å². The number of hydrogen-bond donors (Lipinski definition) is 2. The van der Waals surface area contributed by atoms with Gasteiger partial charge in [0, 0.05) is 17.1 Å². The van der Waals surface area contributed by atoms with Crippen molar-refractivity contribution in [2.24, 2.45) is 11.7 Å². The molecule has 1 aliphatic rings. The van der Waals surface area contributed by atoms with Gasteiger partial charge >= 0.3 is 0 Å². The Kier molecular flexibility index (Phi) is 3.12. The molecule has 0 aliphatic carbocycles. The molecular weight excluding hydrogens is 290 g/mol. The Morgan fingerprint density at radius 2 is 2.29 bits per heavy atom. The smallest absolute Gasteiger partial charge is 0.294 e. The van der Waals surface area contributed by atoms with E-state index in [1.54, 1.807) is 6.07 Å². The van der Waals surface area contributed by atoms with Crippen molar-refractivity contribution < 1.29 is 9.72 Å². The van der Waals surface area contributed by atoms with E-state index < -0.39 is 4.92 Å². The Bertz CT molecular complexity index is 504. The predicted molar refractivity (Wildman–Crippen MR) is 65.7 cm³/mol. The molecule has 7 heteroatoms. The van der Waals surface area contributed by atoms with E-state index in [0.29, 0.717) is 10.9 Å². The highest BCUT2D eigenvalue weighted by atomic mass is 79.9. The van der Waals surface area contributed by atoms with Gasteiger partial charge < -0.3 is 11.1 Å². The maximum atomic E-state index is 11.6. The van der Waals surface area contributed by atoms with Crippen LogP contribution in [0.25, 0.3) is 0 Å². The molecule has 0 spiro atoms. The Hall–Kier alpha value is -1.47. The molecule has 1 amide bonds. The number of hydrogen-bond acceptors (Lipinski definition) is 4.